The van der Waals surface area contributed by atoms with Crippen LogP contribution in [0.15, 0.2) is 103 Å². The van der Waals surface area contributed by atoms with Gasteiger partial charge in [-0.05, 0) is 77.9 Å². The number of carbonyl (C=O) groups is 3. The second-order valence-corrected chi connectivity index (χ2v) is 13.6. The number of unbranched alkanes of at least 4 members (excludes halogenated alkanes) is 1. The molecule has 266 valence electrons. The Labute approximate surface area is 296 Å². The Bertz CT molecular complexity index is 1840. The molecule has 0 radical (unpaired) electrons. The number of primary amides is 1. The fourth-order valence-electron chi connectivity index (χ4n) is 7.00. The molecular weight excluding hydrogens is 653 g/mol. The summed E-state index contributed by atoms with van der Waals surface area (Å²) in [5, 5.41) is 3.09. The quantitative estimate of drug-likeness (QED) is 0.147. The van der Waals surface area contributed by atoms with Gasteiger partial charge in [0.2, 0.25) is 11.8 Å². The van der Waals surface area contributed by atoms with Crippen LogP contribution in [0.4, 0.5) is 30.2 Å². The van der Waals surface area contributed by atoms with Gasteiger partial charge in [0.25, 0.3) is 5.91 Å². The minimum Gasteiger partial charge on any atom is -0.369 e. The molecule has 0 saturated heterocycles. The Morgan fingerprint density at radius 3 is 2.20 bits per heavy atom. The second-order valence-electron chi connectivity index (χ2n) is 13.6. The van der Waals surface area contributed by atoms with Crippen molar-refractivity contribution in [3.05, 3.63) is 114 Å². The number of para-hydroxylation sites is 3. The van der Waals surface area contributed by atoms with Crippen molar-refractivity contribution < 1.29 is 27.6 Å². The molecule has 3 amide bonds. The van der Waals surface area contributed by atoms with E-state index in [0.29, 0.717) is 35.6 Å². The summed E-state index contributed by atoms with van der Waals surface area (Å²) in [6.45, 7) is 2.33. The fraction of sp³-hybridized carbons (Fsp3) is 0.341. The first kappa shape index (κ1) is 35.7. The van der Waals surface area contributed by atoms with Gasteiger partial charge in [-0.3, -0.25) is 14.4 Å². The van der Waals surface area contributed by atoms with Gasteiger partial charge in [-0.25, -0.2) is 0 Å². The van der Waals surface area contributed by atoms with Crippen LogP contribution in [0.2, 0.25) is 0 Å². The third-order valence-corrected chi connectivity index (χ3v) is 9.93. The van der Waals surface area contributed by atoms with Crippen molar-refractivity contribution >= 4 is 34.8 Å². The SMILES string of the molecule is CCCC[C@H](C(N)=O)[C@@H](CC1CC1)C(=O)NC1CN(c2ccccc2)c2ccccc2N(Cc2cccc(-c3ccc(C(F)(F)F)cc3)c2)C1=O. The average Bonchev–Trinajstić information content (AvgIpc) is 3.97. The Hall–Kier alpha value is -5.12. The zero-order valence-corrected chi connectivity index (χ0v) is 28.6. The van der Waals surface area contributed by atoms with Crippen LogP contribution < -0.4 is 20.9 Å². The predicted octanol–water partition coefficient (Wildman–Crippen LogP) is 8.25. The molecular formula is C41H43F3N4O3. The molecule has 7 nitrogen and oxygen atoms in total. The first-order chi connectivity index (χ1) is 24.5. The summed E-state index contributed by atoms with van der Waals surface area (Å²) < 4.78 is 39.7. The first-order valence-corrected chi connectivity index (χ1v) is 17.6. The Balaban J connectivity index is 1.35. The molecule has 3 atom stereocenters. The van der Waals surface area contributed by atoms with E-state index in [9.17, 15) is 27.6 Å². The maximum absolute atomic E-state index is 14.7. The number of nitrogens with two attached hydrogens (primary N) is 1. The number of hydrogen-bond acceptors (Lipinski definition) is 4. The summed E-state index contributed by atoms with van der Waals surface area (Å²) in [7, 11) is 0. The van der Waals surface area contributed by atoms with Gasteiger partial charge in [0.05, 0.1) is 30.0 Å². The highest BCUT2D eigenvalue weighted by atomic mass is 19.4. The lowest BCUT2D eigenvalue weighted by atomic mass is 9.82. The van der Waals surface area contributed by atoms with Crippen LogP contribution >= 0.6 is 0 Å². The smallest absolute Gasteiger partial charge is 0.369 e. The van der Waals surface area contributed by atoms with Gasteiger partial charge in [-0.15, -0.1) is 0 Å². The van der Waals surface area contributed by atoms with Gasteiger partial charge < -0.3 is 20.9 Å². The zero-order chi connectivity index (χ0) is 36.1. The second kappa shape index (κ2) is 15.4. The highest BCUT2D eigenvalue weighted by Crippen LogP contribution is 2.41. The lowest BCUT2D eigenvalue weighted by Crippen LogP contribution is -2.54. The number of amides is 3. The number of hydrogen-bond donors (Lipinski definition) is 2. The third-order valence-electron chi connectivity index (χ3n) is 9.93. The number of benzene rings is 4. The first-order valence-electron chi connectivity index (χ1n) is 17.6. The Morgan fingerprint density at radius 2 is 1.55 bits per heavy atom. The normalized spacial score (nSPS) is 17.3. The molecule has 0 spiro atoms. The fourth-order valence-corrected chi connectivity index (χ4v) is 7.00. The van der Waals surface area contributed by atoms with Crippen molar-refractivity contribution in [1.82, 2.24) is 5.32 Å². The molecule has 1 unspecified atom stereocenters. The summed E-state index contributed by atoms with van der Waals surface area (Å²) in [5.41, 5.74) is 9.51. The molecule has 4 aromatic carbocycles. The molecule has 0 bridgehead atoms. The molecule has 3 N–H and O–H groups in total. The molecule has 1 aliphatic carbocycles. The third kappa shape index (κ3) is 8.44. The maximum atomic E-state index is 14.7. The molecule has 0 aromatic heterocycles. The number of carbonyl (C=O) groups excluding carboxylic acids is 3. The number of nitrogens with one attached hydrogen (secondary N) is 1. The number of fused-ring (bicyclic) bond motifs is 1. The van der Waals surface area contributed by atoms with Crippen molar-refractivity contribution in [3.63, 3.8) is 0 Å². The molecule has 1 saturated carbocycles. The Morgan fingerprint density at radius 1 is 0.863 bits per heavy atom. The van der Waals surface area contributed by atoms with E-state index in [1.807, 2.05) is 90.7 Å². The van der Waals surface area contributed by atoms with E-state index in [4.69, 9.17) is 5.73 Å². The molecule has 51 heavy (non-hydrogen) atoms. The van der Waals surface area contributed by atoms with Crippen LogP contribution in [-0.4, -0.2) is 30.3 Å². The summed E-state index contributed by atoms with van der Waals surface area (Å²) >= 11 is 0. The van der Waals surface area contributed by atoms with Crippen LogP contribution in [0.5, 0.6) is 0 Å². The molecule has 10 heteroatoms. The number of rotatable bonds is 13. The van der Waals surface area contributed by atoms with Crippen LogP contribution in [0.3, 0.4) is 0 Å². The number of anilines is 3. The van der Waals surface area contributed by atoms with Crippen LogP contribution in [0.25, 0.3) is 11.1 Å². The lowest BCUT2D eigenvalue weighted by Gasteiger charge is -2.29. The van der Waals surface area contributed by atoms with Crippen molar-refractivity contribution in [2.24, 2.45) is 23.5 Å². The van der Waals surface area contributed by atoms with Gasteiger partial charge >= 0.3 is 6.18 Å². The van der Waals surface area contributed by atoms with E-state index in [1.54, 1.807) is 4.90 Å². The number of alkyl halides is 3. The minimum absolute atomic E-state index is 0.144. The van der Waals surface area contributed by atoms with Crippen molar-refractivity contribution in [1.29, 1.82) is 0 Å². The average molecular weight is 697 g/mol. The van der Waals surface area contributed by atoms with E-state index in [2.05, 4.69) is 5.32 Å². The van der Waals surface area contributed by atoms with E-state index >= 15 is 0 Å². The van der Waals surface area contributed by atoms with Gasteiger partial charge in [-0.1, -0.05) is 93.3 Å². The highest BCUT2D eigenvalue weighted by molar-refractivity contribution is 6.04. The van der Waals surface area contributed by atoms with E-state index in [0.717, 1.165) is 54.8 Å². The van der Waals surface area contributed by atoms with Gasteiger partial charge in [-0.2, -0.15) is 13.2 Å². The van der Waals surface area contributed by atoms with Crippen LogP contribution in [0.1, 0.15) is 56.6 Å². The van der Waals surface area contributed by atoms with E-state index in [1.165, 1.54) is 12.1 Å². The number of halogens is 3. The molecule has 2 aliphatic rings. The largest absolute Gasteiger partial charge is 0.416 e. The van der Waals surface area contributed by atoms with Crippen LogP contribution in [-0.2, 0) is 27.1 Å². The summed E-state index contributed by atoms with van der Waals surface area (Å²) in [5.74, 6) is -2.07. The molecule has 4 aromatic rings. The van der Waals surface area contributed by atoms with Crippen molar-refractivity contribution in [2.45, 2.75) is 64.2 Å². The molecule has 1 heterocycles. The van der Waals surface area contributed by atoms with E-state index < -0.39 is 35.5 Å². The maximum Gasteiger partial charge on any atom is 0.416 e. The van der Waals surface area contributed by atoms with Crippen LogP contribution in [0, 0.1) is 17.8 Å². The van der Waals surface area contributed by atoms with Crippen molar-refractivity contribution in [2.75, 3.05) is 16.3 Å². The highest BCUT2D eigenvalue weighted by Gasteiger charge is 2.41. The lowest BCUT2D eigenvalue weighted by molar-refractivity contribution is -0.137. The topological polar surface area (TPSA) is 95.7 Å². The summed E-state index contributed by atoms with van der Waals surface area (Å²) in [6, 6.07) is 28.6. The minimum atomic E-state index is -4.44. The van der Waals surface area contributed by atoms with E-state index in [-0.39, 0.29) is 24.9 Å². The van der Waals surface area contributed by atoms with Crippen molar-refractivity contribution in [3.8, 4) is 11.1 Å². The summed E-state index contributed by atoms with van der Waals surface area (Å²) in [4.78, 5) is 45.4. The standard InChI is InChI=1S/C41H43F3N4O3/c1-2-3-14-33(38(45)49)34(24-27-17-18-27)39(50)46-35-26-47(32-12-5-4-6-13-32)36-15-7-8-16-37(36)48(40(35)51)25-28-10-9-11-30(23-28)29-19-21-31(22-20-29)41(42,43)44/h4-13,15-16,19-23,27,33-35H,2-3,14,17-18,24-26H2,1H3,(H2,45,49)(H,46,50)/t33-,34+,35?/m0/s1. The predicted molar refractivity (Wildman–Crippen MR) is 193 cm³/mol. The molecule has 1 aliphatic heterocycles. The summed E-state index contributed by atoms with van der Waals surface area (Å²) in [6.07, 6.45) is 0.256. The Kier molecular flexibility index (Phi) is 10.8. The van der Waals surface area contributed by atoms with Gasteiger partial charge in [0.15, 0.2) is 0 Å². The molecule has 1 fully saturated rings. The van der Waals surface area contributed by atoms with Gasteiger partial charge in [0, 0.05) is 17.5 Å². The monoisotopic (exact) mass is 696 g/mol. The zero-order valence-electron chi connectivity index (χ0n) is 28.6. The molecule has 6 rings (SSSR count). The number of nitrogens with zero attached hydrogens (tertiary/aromatic N) is 2. The van der Waals surface area contributed by atoms with Gasteiger partial charge in [0.1, 0.15) is 6.04 Å².